The predicted octanol–water partition coefficient (Wildman–Crippen LogP) is 1.34. The van der Waals surface area contributed by atoms with E-state index >= 15 is 0 Å². The normalized spacial score (nSPS) is 10.6. The Morgan fingerprint density at radius 1 is 1.38 bits per heavy atom. The van der Waals surface area contributed by atoms with Crippen molar-refractivity contribution in [3.05, 3.63) is 50.4 Å². The molecule has 26 heavy (non-hydrogen) atoms. The number of nitrogen functional groups attached to an aromatic ring is 1. The number of aromatic nitrogens is 2. The van der Waals surface area contributed by atoms with Gasteiger partial charge in [0.15, 0.2) is 5.69 Å². The standard InChI is InChI=1S/C17H21FN4O4/c1-4-5-8-22-14(19)13(15(23)20-17(22)25)21(2)16(24)11-9-10(18)6-7-12(11)26-3/h6-7,9H,4-5,8,19H2,1-3H3,(H,20,23,25). The summed E-state index contributed by atoms with van der Waals surface area (Å²) in [4.78, 5) is 40.1. The van der Waals surface area contributed by atoms with Crippen molar-refractivity contribution in [1.82, 2.24) is 9.55 Å². The smallest absolute Gasteiger partial charge is 0.330 e. The minimum atomic E-state index is -0.800. The van der Waals surface area contributed by atoms with Gasteiger partial charge >= 0.3 is 5.69 Å². The van der Waals surface area contributed by atoms with Gasteiger partial charge < -0.3 is 15.4 Å². The van der Waals surface area contributed by atoms with Crippen molar-refractivity contribution in [3.63, 3.8) is 0 Å². The number of anilines is 2. The molecule has 3 N–H and O–H groups in total. The van der Waals surface area contributed by atoms with Gasteiger partial charge in [0.1, 0.15) is 17.4 Å². The Bertz CT molecular complexity index is 935. The lowest BCUT2D eigenvalue weighted by atomic mass is 10.1. The second kappa shape index (κ2) is 7.85. The molecule has 0 fully saturated rings. The third kappa shape index (κ3) is 3.61. The van der Waals surface area contributed by atoms with Crippen molar-refractivity contribution in [1.29, 1.82) is 0 Å². The summed E-state index contributed by atoms with van der Waals surface area (Å²) in [6.45, 7) is 2.25. The van der Waals surface area contributed by atoms with Crippen molar-refractivity contribution in [2.24, 2.45) is 0 Å². The number of hydrogen-bond donors (Lipinski definition) is 2. The van der Waals surface area contributed by atoms with Crippen LogP contribution in [0.3, 0.4) is 0 Å². The highest BCUT2D eigenvalue weighted by Crippen LogP contribution is 2.24. The van der Waals surface area contributed by atoms with Gasteiger partial charge in [-0.25, -0.2) is 9.18 Å². The second-order valence-electron chi connectivity index (χ2n) is 5.71. The second-order valence-corrected chi connectivity index (χ2v) is 5.71. The first-order chi connectivity index (χ1) is 12.3. The number of rotatable bonds is 6. The topological polar surface area (TPSA) is 110 Å². The summed E-state index contributed by atoms with van der Waals surface area (Å²) in [5.41, 5.74) is 4.29. The number of unbranched alkanes of at least 4 members (excludes halogenated alkanes) is 1. The highest BCUT2D eigenvalue weighted by molar-refractivity contribution is 6.08. The van der Waals surface area contributed by atoms with E-state index in [4.69, 9.17) is 10.5 Å². The predicted molar refractivity (Wildman–Crippen MR) is 96.3 cm³/mol. The first-order valence-corrected chi connectivity index (χ1v) is 8.06. The number of hydrogen-bond acceptors (Lipinski definition) is 5. The fourth-order valence-electron chi connectivity index (χ4n) is 2.57. The third-order valence-electron chi connectivity index (χ3n) is 3.98. The number of methoxy groups -OCH3 is 1. The minimum Gasteiger partial charge on any atom is -0.496 e. The molecule has 1 aromatic heterocycles. The molecule has 0 spiro atoms. The molecule has 0 aliphatic rings. The first kappa shape index (κ1) is 19.2. The fraction of sp³-hybridized carbons (Fsp3) is 0.353. The van der Waals surface area contributed by atoms with E-state index in [0.29, 0.717) is 13.0 Å². The van der Waals surface area contributed by atoms with E-state index in [1.54, 1.807) is 0 Å². The molecule has 0 unspecified atom stereocenters. The highest BCUT2D eigenvalue weighted by atomic mass is 19.1. The van der Waals surface area contributed by atoms with Crippen LogP contribution < -0.4 is 26.6 Å². The van der Waals surface area contributed by atoms with Gasteiger partial charge in [0.2, 0.25) is 0 Å². The van der Waals surface area contributed by atoms with E-state index in [2.05, 4.69) is 4.98 Å². The third-order valence-corrected chi connectivity index (χ3v) is 3.98. The fourth-order valence-corrected chi connectivity index (χ4v) is 2.57. The molecular weight excluding hydrogens is 343 g/mol. The summed E-state index contributed by atoms with van der Waals surface area (Å²) < 4.78 is 19.8. The SMILES string of the molecule is CCCCn1c(N)c(N(C)C(=O)c2cc(F)ccc2OC)c(=O)[nH]c1=O. The van der Waals surface area contributed by atoms with Crippen LogP contribution in [0.25, 0.3) is 0 Å². The molecule has 9 heteroatoms. The maximum atomic E-state index is 13.6. The van der Waals surface area contributed by atoms with Crippen LogP contribution in [-0.4, -0.2) is 29.6 Å². The Hall–Kier alpha value is -3.10. The van der Waals surface area contributed by atoms with E-state index in [9.17, 15) is 18.8 Å². The lowest BCUT2D eigenvalue weighted by Crippen LogP contribution is -2.39. The van der Waals surface area contributed by atoms with Gasteiger partial charge in [0.25, 0.3) is 11.5 Å². The summed E-state index contributed by atoms with van der Waals surface area (Å²) in [6.07, 6.45) is 1.49. The molecule has 0 saturated heterocycles. The Morgan fingerprint density at radius 3 is 2.69 bits per heavy atom. The van der Waals surface area contributed by atoms with Crippen LogP contribution >= 0.6 is 0 Å². The number of nitrogens with one attached hydrogen (secondary N) is 1. The Kier molecular flexibility index (Phi) is 5.81. The Labute approximate surface area is 149 Å². The summed E-state index contributed by atoms with van der Waals surface area (Å²) in [6, 6.07) is 3.48. The van der Waals surface area contributed by atoms with Gasteiger partial charge in [-0.15, -0.1) is 0 Å². The average Bonchev–Trinajstić information content (AvgIpc) is 2.60. The van der Waals surface area contributed by atoms with Gasteiger partial charge in [0, 0.05) is 13.6 Å². The van der Waals surface area contributed by atoms with E-state index in [1.165, 1.54) is 24.8 Å². The zero-order chi connectivity index (χ0) is 19.4. The Balaban J connectivity index is 2.55. The van der Waals surface area contributed by atoms with Crippen molar-refractivity contribution in [3.8, 4) is 5.75 Å². The molecule has 1 aromatic carbocycles. The first-order valence-electron chi connectivity index (χ1n) is 8.06. The van der Waals surface area contributed by atoms with E-state index in [1.807, 2.05) is 6.92 Å². The number of aromatic amines is 1. The van der Waals surface area contributed by atoms with Gasteiger partial charge in [-0.05, 0) is 24.6 Å². The van der Waals surface area contributed by atoms with Crippen LogP contribution in [0.1, 0.15) is 30.1 Å². The van der Waals surface area contributed by atoms with Crippen LogP contribution in [-0.2, 0) is 6.54 Å². The molecule has 0 atom stereocenters. The highest BCUT2D eigenvalue weighted by Gasteiger charge is 2.24. The molecule has 2 aromatic rings. The number of ether oxygens (including phenoxy) is 1. The van der Waals surface area contributed by atoms with E-state index in [-0.39, 0.29) is 22.8 Å². The summed E-state index contributed by atoms with van der Waals surface area (Å²) in [5.74, 6) is -1.30. The molecule has 140 valence electrons. The van der Waals surface area contributed by atoms with Crippen molar-refractivity contribution in [2.45, 2.75) is 26.3 Å². The maximum Gasteiger partial charge on any atom is 0.330 e. The number of amides is 1. The maximum absolute atomic E-state index is 13.6. The number of benzene rings is 1. The van der Waals surface area contributed by atoms with Crippen molar-refractivity contribution in [2.75, 3.05) is 24.8 Å². The number of nitrogens with zero attached hydrogens (tertiary/aromatic N) is 2. The molecule has 1 amide bonds. The summed E-state index contributed by atoms with van der Waals surface area (Å²) >= 11 is 0. The molecule has 0 bridgehead atoms. The van der Waals surface area contributed by atoms with Gasteiger partial charge in [0.05, 0.1) is 12.7 Å². The number of H-pyrrole nitrogens is 1. The van der Waals surface area contributed by atoms with Gasteiger partial charge in [-0.1, -0.05) is 13.3 Å². The zero-order valence-corrected chi connectivity index (χ0v) is 14.8. The van der Waals surface area contributed by atoms with Crippen molar-refractivity contribution < 1.29 is 13.9 Å². The molecule has 0 radical (unpaired) electrons. The van der Waals surface area contributed by atoms with Crippen LogP contribution in [0.2, 0.25) is 0 Å². The molecular formula is C17H21FN4O4. The van der Waals surface area contributed by atoms with E-state index < -0.39 is 23.0 Å². The van der Waals surface area contributed by atoms with Gasteiger partial charge in [-0.3, -0.25) is 19.1 Å². The van der Waals surface area contributed by atoms with Crippen LogP contribution in [0, 0.1) is 5.82 Å². The molecule has 8 nitrogen and oxygen atoms in total. The van der Waals surface area contributed by atoms with Gasteiger partial charge in [-0.2, -0.15) is 0 Å². The molecule has 0 saturated carbocycles. The summed E-state index contributed by atoms with van der Waals surface area (Å²) in [7, 11) is 2.67. The van der Waals surface area contributed by atoms with E-state index in [0.717, 1.165) is 23.5 Å². The van der Waals surface area contributed by atoms with Crippen LogP contribution in [0.15, 0.2) is 27.8 Å². The molecule has 0 aliphatic heterocycles. The number of nitrogens with two attached hydrogens (primary N) is 1. The largest absolute Gasteiger partial charge is 0.496 e. The number of halogens is 1. The number of carbonyl (C=O) groups is 1. The molecule has 2 rings (SSSR count). The lowest BCUT2D eigenvalue weighted by molar-refractivity contribution is 0.0989. The van der Waals surface area contributed by atoms with Crippen LogP contribution in [0.4, 0.5) is 15.9 Å². The minimum absolute atomic E-state index is 0.0693. The molecule has 0 aliphatic carbocycles. The molecule has 1 heterocycles. The van der Waals surface area contributed by atoms with Crippen molar-refractivity contribution >= 4 is 17.4 Å². The lowest BCUT2D eigenvalue weighted by Gasteiger charge is -2.21. The van der Waals surface area contributed by atoms with Crippen LogP contribution in [0.5, 0.6) is 5.75 Å². The monoisotopic (exact) mass is 364 g/mol. The zero-order valence-electron chi connectivity index (χ0n) is 14.8. The summed E-state index contributed by atoms with van der Waals surface area (Å²) in [5, 5.41) is 0. The number of carbonyl (C=O) groups excluding carboxylic acids is 1. The quantitative estimate of drug-likeness (QED) is 0.804. The average molecular weight is 364 g/mol. The Morgan fingerprint density at radius 2 is 2.08 bits per heavy atom.